The second kappa shape index (κ2) is 5.26. The quantitative estimate of drug-likeness (QED) is 0.634. The molecule has 12 heavy (non-hydrogen) atoms. The zero-order valence-electron chi connectivity index (χ0n) is 6.50. The Morgan fingerprint density at radius 3 is 2.67 bits per heavy atom. The molecule has 1 rings (SSSR count). The summed E-state index contributed by atoms with van der Waals surface area (Å²) in [4.78, 5) is 8.08. The fourth-order valence-corrected chi connectivity index (χ4v) is 0.961. The molecule has 5 heteroatoms. The number of halogens is 1. The molecule has 2 N–H and O–H groups in total. The van der Waals surface area contributed by atoms with Gasteiger partial charge in [0.1, 0.15) is 0 Å². The van der Waals surface area contributed by atoms with E-state index in [1.165, 1.54) is 0 Å². The number of nitrogens with one attached hydrogen (secondary N) is 1. The maximum absolute atomic E-state index is 8.51. The minimum atomic E-state index is 0.192. The highest BCUT2D eigenvalue weighted by atomic mass is 127. The number of anilines is 1. The van der Waals surface area contributed by atoms with Gasteiger partial charge in [-0.2, -0.15) is 0 Å². The molecule has 0 spiro atoms. The van der Waals surface area contributed by atoms with E-state index in [1.54, 1.807) is 12.4 Å². The first-order valence-corrected chi connectivity index (χ1v) is 4.73. The summed E-state index contributed by atoms with van der Waals surface area (Å²) in [5.74, 6) is 0.615. The zero-order valence-corrected chi connectivity index (χ0v) is 8.65. The highest BCUT2D eigenvalue weighted by molar-refractivity contribution is 14.1. The van der Waals surface area contributed by atoms with Gasteiger partial charge in [-0.1, -0.05) is 0 Å². The summed E-state index contributed by atoms with van der Waals surface area (Å²) in [6, 6.07) is 0. The summed E-state index contributed by atoms with van der Waals surface area (Å²) < 4.78 is 1.01. The lowest BCUT2D eigenvalue weighted by Crippen LogP contribution is -2.06. The van der Waals surface area contributed by atoms with Gasteiger partial charge in [0.25, 0.3) is 0 Å². The molecule has 4 nitrogen and oxygen atoms in total. The summed E-state index contributed by atoms with van der Waals surface area (Å²) in [5.41, 5.74) is 0. The number of aliphatic hydroxyl groups is 1. The van der Waals surface area contributed by atoms with Gasteiger partial charge >= 0.3 is 0 Å². The molecule has 0 radical (unpaired) electrons. The van der Waals surface area contributed by atoms with E-state index in [-0.39, 0.29) is 6.61 Å². The van der Waals surface area contributed by atoms with Crippen molar-refractivity contribution in [3.8, 4) is 0 Å². The third kappa shape index (κ3) is 3.31. The van der Waals surface area contributed by atoms with Crippen molar-refractivity contribution < 1.29 is 5.11 Å². The number of aromatic nitrogens is 2. The summed E-state index contributed by atoms with van der Waals surface area (Å²) in [7, 11) is 0. The molecule has 0 aliphatic heterocycles. The molecule has 0 fully saturated rings. The standard InChI is InChI=1S/C7H10IN3O/c8-6-4-10-7(11-5-6)9-2-1-3-12/h4-5,12H,1-3H2,(H,9,10,11). The number of rotatable bonds is 4. The lowest BCUT2D eigenvalue weighted by molar-refractivity contribution is 0.292. The topological polar surface area (TPSA) is 58.0 Å². The second-order valence-corrected chi connectivity index (χ2v) is 3.47. The van der Waals surface area contributed by atoms with E-state index in [0.717, 1.165) is 9.99 Å². The molecule has 0 atom stereocenters. The molecule has 0 aromatic carbocycles. The molecule has 0 amide bonds. The van der Waals surface area contributed by atoms with Gasteiger partial charge in [0.05, 0.1) is 0 Å². The molecule has 1 aromatic rings. The summed E-state index contributed by atoms with van der Waals surface area (Å²) in [6.07, 6.45) is 4.21. The molecule has 0 aliphatic rings. The molecule has 66 valence electrons. The Balaban J connectivity index is 2.37. The second-order valence-electron chi connectivity index (χ2n) is 2.23. The highest BCUT2D eigenvalue weighted by Crippen LogP contribution is 2.02. The van der Waals surface area contributed by atoms with Gasteiger partial charge in [-0.3, -0.25) is 0 Å². The van der Waals surface area contributed by atoms with Crippen LogP contribution in [0.4, 0.5) is 5.95 Å². The first-order valence-electron chi connectivity index (χ1n) is 3.65. The number of aliphatic hydroxyl groups excluding tert-OH is 1. The maximum Gasteiger partial charge on any atom is 0.222 e. The van der Waals surface area contributed by atoms with Crippen molar-refractivity contribution in [2.24, 2.45) is 0 Å². The van der Waals surface area contributed by atoms with Crippen molar-refractivity contribution in [2.75, 3.05) is 18.5 Å². The van der Waals surface area contributed by atoms with E-state index in [9.17, 15) is 0 Å². The van der Waals surface area contributed by atoms with E-state index in [1.807, 2.05) is 0 Å². The van der Waals surface area contributed by atoms with Crippen LogP contribution in [0.3, 0.4) is 0 Å². The van der Waals surface area contributed by atoms with Gasteiger partial charge in [-0.05, 0) is 29.0 Å². The number of hydrogen-bond donors (Lipinski definition) is 2. The fourth-order valence-electron chi connectivity index (χ4n) is 0.683. The number of nitrogens with zero attached hydrogens (tertiary/aromatic N) is 2. The van der Waals surface area contributed by atoms with Crippen LogP contribution in [0.25, 0.3) is 0 Å². The third-order valence-electron chi connectivity index (χ3n) is 1.24. The normalized spacial score (nSPS) is 9.83. The molecule has 1 aromatic heterocycles. The molecule has 1 heterocycles. The van der Waals surface area contributed by atoms with Crippen molar-refractivity contribution in [1.29, 1.82) is 0 Å². The Kier molecular flexibility index (Phi) is 4.23. The van der Waals surface area contributed by atoms with Crippen molar-refractivity contribution in [1.82, 2.24) is 9.97 Å². The molecule has 0 aliphatic carbocycles. The molecule has 0 bridgehead atoms. The van der Waals surface area contributed by atoms with Gasteiger partial charge in [0, 0.05) is 29.1 Å². The first-order chi connectivity index (χ1) is 5.83. The van der Waals surface area contributed by atoms with Crippen LogP contribution in [-0.2, 0) is 0 Å². The van der Waals surface area contributed by atoms with Gasteiger partial charge in [-0.25, -0.2) is 9.97 Å². The molecule has 0 saturated carbocycles. The van der Waals surface area contributed by atoms with Crippen molar-refractivity contribution >= 4 is 28.5 Å². The average Bonchev–Trinajstić information content (AvgIpc) is 2.09. The fraction of sp³-hybridized carbons (Fsp3) is 0.429. The van der Waals surface area contributed by atoms with Crippen LogP contribution >= 0.6 is 22.6 Å². The van der Waals surface area contributed by atoms with Crippen LogP contribution in [0.5, 0.6) is 0 Å². The predicted molar refractivity (Wildman–Crippen MR) is 54.9 cm³/mol. The van der Waals surface area contributed by atoms with Crippen molar-refractivity contribution in [3.05, 3.63) is 16.0 Å². The van der Waals surface area contributed by atoms with Gasteiger partial charge in [-0.15, -0.1) is 0 Å². The van der Waals surface area contributed by atoms with E-state index in [0.29, 0.717) is 12.5 Å². The van der Waals surface area contributed by atoms with Crippen LogP contribution < -0.4 is 5.32 Å². The van der Waals surface area contributed by atoms with Crippen LogP contribution in [0, 0.1) is 3.57 Å². The summed E-state index contributed by atoms with van der Waals surface area (Å²) in [5, 5.41) is 11.5. The average molecular weight is 279 g/mol. The lowest BCUT2D eigenvalue weighted by atomic mass is 10.4. The monoisotopic (exact) mass is 279 g/mol. The van der Waals surface area contributed by atoms with E-state index < -0.39 is 0 Å². The minimum absolute atomic E-state index is 0.192. The zero-order chi connectivity index (χ0) is 8.81. The number of hydrogen-bond acceptors (Lipinski definition) is 4. The first kappa shape index (κ1) is 9.66. The van der Waals surface area contributed by atoms with E-state index in [2.05, 4.69) is 37.9 Å². The Labute approximate surface area is 84.6 Å². The van der Waals surface area contributed by atoms with E-state index in [4.69, 9.17) is 5.11 Å². The lowest BCUT2D eigenvalue weighted by Gasteiger charge is -2.01. The van der Waals surface area contributed by atoms with Gasteiger partial charge in [0.15, 0.2) is 0 Å². The Morgan fingerprint density at radius 2 is 2.08 bits per heavy atom. The molecule has 0 unspecified atom stereocenters. The Hall–Kier alpha value is -0.430. The van der Waals surface area contributed by atoms with Crippen LogP contribution in [0.1, 0.15) is 6.42 Å². The minimum Gasteiger partial charge on any atom is -0.396 e. The van der Waals surface area contributed by atoms with Crippen LogP contribution in [-0.4, -0.2) is 28.2 Å². The molecule has 0 saturated heterocycles. The summed E-state index contributed by atoms with van der Waals surface area (Å²) in [6.45, 7) is 0.897. The van der Waals surface area contributed by atoms with E-state index >= 15 is 0 Å². The smallest absolute Gasteiger partial charge is 0.222 e. The van der Waals surface area contributed by atoms with Gasteiger partial charge in [0.2, 0.25) is 5.95 Å². The SMILES string of the molecule is OCCCNc1ncc(I)cn1. The summed E-state index contributed by atoms with van der Waals surface area (Å²) >= 11 is 2.15. The van der Waals surface area contributed by atoms with Gasteiger partial charge < -0.3 is 10.4 Å². The Morgan fingerprint density at radius 1 is 1.42 bits per heavy atom. The van der Waals surface area contributed by atoms with Crippen LogP contribution in [0.15, 0.2) is 12.4 Å². The Bertz CT molecular complexity index is 227. The van der Waals surface area contributed by atoms with Crippen molar-refractivity contribution in [3.63, 3.8) is 0 Å². The largest absolute Gasteiger partial charge is 0.396 e. The molecular weight excluding hydrogens is 269 g/mol. The predicted octanol–water partition coefficient (Wildman–Crippen LogP) is 0.875. The maximum atomic E-state index is 8.51. The van der Waals surface area contributed by atoms with Crippen LogP contribution in [0.2, 0.25) is 0 Å². The highest BCUT2D eigenvalue weighted by Gasteiger charge is 1.93. The third-order valence-corrected chi connectivity index (χ3v) is 1.80. The molecular formula is C7H10IN3O. The van der Waals surface area contributed by atoms with Crippen molar-refractivity contribution in [2.45, 2.75) is 6.42 Å².